The molecule has 3 rings (SSSR count). The molecule has 0 fully saturated rings. The second kappa shape index (κ2) is 9.94. The first-order valence-corrected chi connectivity index (χ1v) is 10.9. The van der Waals surface area contributed by atoms with Crippen LogP contribution in [0.2, 0.25) is 0 Å². The van der Waals surface area contributed by atoms with Crippen molar-refractivity contribution in [3.05, 3.63) is 53.1 Å². The van der Waals surface area contributed by atoms with E-state index < -0.39 is 0 Å². The van der Waals surface area contributed by atoms with Crippen molar-refractivity contribution in [2.45, 2.75) is 13.8 Å². The predicted molar refractivity (Wildman–Crippen MR) is 129 cm³/mol. The largest absolute Gasteiger partial charge is 0.493 e. The summed E-state index contributed by atoms with van der Waals surface area (Å²) >= 11 is 1.55. The quantitative estimate of drug-likeness (QED) is 0.483. The zero-order valence-electron chi connectivity index (χ0n) is 18.9. The number of rotatable bonds is 8. The lowest BCUT2D eigenvalue weighted by atomic mass is 10.1. The number of nitrogens with zero attached hydrogens (tertiary/aromatic N) is 3. The van der Waals surface area contributed by atoms with Crippen LogP contribution >= 0.6 is 11.3 Å². The van der Waals surface area contributed by atoms with Gasteiger partial charge in [0.25, 0.3) is 5.91 Å². The highest BCUT2D eigenvalue weighted by Gasteiger charge is 2.19. The van der Waals surface area contributed by atoms with Gasteiger partial charge in [-0.15, -0.1) is 0 Å². The summed E-state index contributed by atoms with van der Waals surface area (Å²) in [6, 6.07) is 9.73. The maximum absolute atomic E-state index is 13.2. The van der Waals surface area contributed by atoms with Gasteiger partial charge in [-0.3, -0.25) is 9.69 Å². The Bertz CT molecular complexity index is 1100. The van der Waals surface area contributed by atoms with Crippen LogP contribution in [0.25, 0.3) is 16.3 Å². The van der Waals surface area contributed by atoms with Crippen LogP contribution in [-0.2, 0) is 4.79 Å². The van der Waals surface area contributed by atoms with E-state index in [1.54, 1.807) is 42.6 Å². The Balaban J connectivity index is 1.90. The molecule has 0 radical (unpaired) electrons. The number of aromatic nitrogens is 1. The highest BCUT2D eigenvalue weighted by atomic mass is 32.1. The van der Waals surface area contributed by atoms with E-state index >= 15 is 0 Å². The fourth-order valence-electron chi connectivity index (χ4n) is 3.14. The summed E-state index contributed by atoms with van der Waals surface area (Å²) in [6.45, 7) is 5.45. The molecule has 0 unspecified atom stereocenters. The van der Waals surface area contributed by atoms with Crippen LogP contribution in [-0.4, -0.2) is 57.2 Å². The third-order valence-corrected chi connectivity index (χ3v) is 6.21. The van der Waals surface area contributed by atoms with Gasteiger partial charge in [0.1, 0.15) is 0 Å². The lowest BCUT2D eigenvalue weighted by Crippen LogP contribution is -2.35. The normalized spacial score (nSPS) is 11.5. The maximum Gasteiger partial charge on any atom is 0.252 e. The van der Waals surface area contributed by atoms with Gasteiger partial charge in [0, 0.05) is 19.2 Å². The second-order valence-electron chi connectivity index (χ2n) is 7.59. The van der Waals surface area contributed by atoms with E-state index in [2.05, 4.69) is 30.9 Å². The van der Waals surface area contributed by atoms with Crippen molar-refractivity contribution < 1.29 is 14.3 Å². The number of carbonyl (C=O) groups excluding carboxylic acids is 1. The Morgan fingerprint density at radius 3 is 2.48 bits per heavy atom. The Morgan fingerprint density at radius 2 is 1.81 bits per heavy atom. The van der Waals surface area contributed by atoms with Crippen molar-refractivity contribution in [2.75, 3.05) is 46.3 Å². The van der Waals surface area contributed by atoms with Gasteiger partial charge in [-0.1, -0.05) is 23.5 Å². The van der Waals surface area contributed by atoms with Crippen LogP contribution in [0.5, 0.6) is 11.5 Å². The van der Waals surface area contributed by atoms with Crippen LogP contribution in [0.1, 0.15) is 16.7 Å². The Hall–Kier alpha value is -2.90. The monoisotopic (exact) mass is 439 g/mol. The first-order chi connectivity index (χ1) is 14.8. The number of aryl methyl sites for hydroxylation is 2. The fourth-order valence-corrected chi connectivity index (χ4v) is 4.20. The summed E-state index contributed by atoms with van der Waals surface area (Å²) in [4.78, 5) is 21.8. The molecule has 0 saturated carbocycles. The van der Waals surface area contributed by atoms with Crippen LogP contribution in [0.3, 0.4) is 0 Å². The predicted octanol–water partition coefficient (Wildman–Crippen LogP) is 4.54. The lowest BCUT2D eigenvalue weighted by molar-refractivity contribution is -0.114. The minimum absolute atomic E-state index is 0.106. The number of thiazole rings is 1. The molecule has 7 heteroatoms. The van der Waals surface area contributed by atoms with Gasteiger partial charge in [-0.05, 0) is 68.9 Å². The van der Waals surface area contributed by atoms with Gasteiger partial charge in [-0.2, -0.15) is 0 Å². The number of benzene rings is 2. The number of hydrogen-bond acceptors (Lipinski definition) is 6. The van der Waals surface area contributed by atoms with Gasteiger partial charge in [-0.25, -0.2) is 4.98 Å². The summed E-state index contributed by atoms with van der Waals surface area (Å²) in [5.41, 5.74) is 4.17. The van der Waals surface area contributed by atoms with E-state index in [1.165, 1.54) is 5.56 Å². The van der Waals surface area contributed by atoms with E-state index in [1.807, 2.05) is 32.3 Å². The zero-order valence-corrected chi connectivity index (χ0v) is 19.7. The number of anilines is 1. The van der Waals surface area contributed by atoms with Crippen LogP contribution in [0.4, 0.5) is 5.13 Å². The van der Waals surface area contributed by atoms with Gasteiger partial charge in [0.15, 0.2) is 16.6 Å². The van der Waals surface area contributed by atoms with Gasteiger partial charge >= 0.3 is 0 Å². The first kappa shape index (κ1) is 22.8. The molecule has 0 aliphatic rings. The minimum atomic E-state index is -0.106. The molecule has 0 N–H and O–H groups in total. The summed E-state index contributed by atoms with van der Waals surface area (Å²) in [6.07, 6.45) is 3.37. The lowest BCUT2D eigenvalue weighted by Gasteiger charge is -2.20. The molecule has 0 aliphatic carbocycles. The van der Waals surface area contributed by atoms with Crippen LogP contribution < -0.4 is 14.4 Å². The average molecular weight is 440 g/mol. The van der Waals surface area contributed by atoms with Crippen molar-refractivity contribution in [3.8, 4) is 11.5 Å². The summed E-state index contributed by atoms with van der Waals surface area (Å²) < 4.78 is 11.7. The highest BCUT2D eigenvalue weighted by molar-refractivity contribution is 7.22. The molecular formula is C24H29N3O3S. The molecule has 6 nitrogen and oxygen atoms in total. The standard InChI is InChI=1S/C24H29N3O3S/c1-16-7-11-21-23(17(16)2)25-24(31-21)27(14-13-26(3)4)22(28)12-9-18-8-10-19(29-5)20(15-18)30-6/h7-12,15H,13-14H2,1-6H3/b12-9+. The Morgan fingerprint density at radius 1 is 1.06 bits per heavy atom. The van der Waals surface area contributed by atoms with E-state index in [0.717, 1.165) is 27.9 Å². The second-order valence-corrected chi connectivity index (χ2v) is 8.60. The molecule has 0 aliphatic heterocycles. The number of carbonyl (C=O) groups is 1. The molecule has 31 heavy (non-hydrogen) atoms. The smallest absolute Gasteiger partial charge is 0.252 e. The average Bonchev–Trinajstić information content (AvgIpc) is 3.19. The fraction of sp³-hybridized carbons (Fsp3) is 0.333. The van der Waals surface area contributed by atoms with Crippen molar-refractivity contribution >= 4 is 38.7 Å². The van der Waals surface area contributed by atoms with Gasteiger partial charge in [0.2, 0.25) is 0 Å². The van der Waals surface area contributed by atoms with Crippen molar-refractivity contribution in [1.82, 2.24) is 9.88 Å². The number of fused-ring (bicyclic) bond motifs is 1. The topological polar surface area (TPSA) is 54.9 Å². The molecule has 0 atom stereocenters. The van der Waals surface area contributed by atoms with Crippen molar-refractivity contribution in [2.24, 2.45) is 0 Å². The summed E-state index contributed by atoms with van der Waals surface area (Å²) in [5, 5.41) is 0.715. The third-order valence-electron chi connectivity index (χ3n) is 5.17. The van der Waals surface area contributed by atoms with E-state index in [4.69, 9.17) is 14.5 Å². The summed E-state index contributed by atoms with van der Waals surface area (Å²) in [7, 11) is 7.18. The molecule has 1 amide bonds. The minimum Gasteiger partial charge on any atom is -0.493 e. The molecule has 1 aromatic heterocycles. The molecule has 2 aromatic carbocycles. The molecule has 1 heterocycles. The number of likely N-dealkylation sites (N-methyl/N-ethyl adjacent to an activating group) is 1. The number of hydrogen-bond donors (Lipinski definition) is 0. The molecule has 164 valence electrons. The van der Waals surface area contributed by atoms with Crippen molar-refractivity contribution in [1.29, 1.82) is 0 Å². The maximum atomic E-state index is 13.2. The highest BCUT2D eigenvalue weighted by Crippen LogP contribution is 2.32. The number of amides is 1. The van der Waals surface area contributed by atoms with Gasteiger partial charge in [0.05, 0.1) is 24.4 Å². The van der Waals surface area contributed by atoms with Crippen LogP contribution in [0.15, 0.2) is 36.4 Å². The van der Waals surface area contributed by atoms with Gasteiger partial charge < -0.3 is 14.4 Å². The molecule has 0 saturated heterocycles. The van der Waals surface area contributed by atoms with E-state index in [-0.39, 0.29) is 5.91 Å². The van der Waals surface area contributed by atoms with Crippen molar-refractivity contribution in [3.63, 3.8) is 0 Å². The summed E-state index contributed by atoms with van der Waals surface area (Å²) in [5.74, 6) is 1.17. The Labute approximate surface area is 187 Å². The Kier molecular flexibility index (Phi) is 7.30. The zero-order chi connectivity index (χ0) is 22.5. The molecule has 0 bridgehead atoms. The molecule has 3 aromatic rings. The van der Waals surface area contributed by atoms with Crippen LogP contribution in [0, 0.1) is 13.8 Å². The van der Waals surface area contributed by atoms with E-state index in [9.17, 15) is 4.79 Å². The number of methoxy groups -OCH3 is 2. The number of ether oxygens (including phenoxy) is 2. The third kappa shape index (κ3) is 5.24. The molecular weight excluding hydrogens is 410 g/mol. The first-order valence-electron chi connectivity index (χ1n) is 10.1. The van der Waals surface area contributed by atoms with E-state index in [0.29, 0.717) is 23.2 Å². The SMILES string of the molecule is COc1ccc(/C=C/C(=O)N(CCN(C)C)c2nc3c(C)c(C)ccc3s2)cc1OC. The molecule has 0 spiro atoms.